The van der Waals surface area contributed by atoms with Gasteiger partial charge in [0, 0.05) is 12.4 Å². The van der Waals surface area contributed by atoms with Gasteiger partial charge in [0.1, 0.15) is 0 Å². The standard InChI is InChI=1S/C34H56N2/c1-3-5-7-9-11-13-15-17-19-21-23-31-25-27-35-33(29-31)34-30-32(26-28-36-34)24-22-20-18-16-14-12-10-8-6-4-2/h25-30H,3-24H2,1-2H3. The number of aromatic nitrogens is 2. The summed E-state index contributed by atoms with van der Waals surface area (Å²) < 4.78 is 0. The van der Waals surface area contributed by atoms with Gasteiger partial charge in [-0.3, -0.25) is 9.97 Å². The van der Waals surface area contributed by atoms with E-state index in [4.69, 9.17) is 0 Å². The molecule has 2 heterocycles. The van der Waals surface area contributed by atoms with E-state index in [1.165, 1.54) is 140 Å². The van der Waals surface area contributed by atoms with Gasteiger partial charge in [-0.05, 0) is 61.1 Å². The van der Waals surface area contributed by atoms with Crippen molar-refractivity contribution in [2.75, 3.05) is 0 Å². The van der Waals surface area contributed by atoms with Crippen molar-refractivity contribution < 1.29 is 0 Å². The third-order valence-corrected chi connectivity index (χ3v) is 7.55. The van der Waals surface area contributed by atoms with Gasteiger partial charge in [0.15, 0.2) is 0 Å². The Morgan fingerprint density at radius 2 is 0.722 bits per heavy atom. The van der Waals surface area contributed by atoms with Gasteiger partial charge in [-0.1, -0.05) is 129 Å². The maximum atomic E-state index is 4.64. The van der Waals surface area contributed by atoms with Crippen LogP contribution in [0.25, 0.3) is 11.4 Å². The van der Waals surface area contributed by atoms with Gasteiger partial charge in [0.2, 0.25) is 0 Å². The minimum Gasteiger partial charge on any atom is -0.255 e. The number of rotatable bonds is 23. The van der Waals surface area contributed by atoms with Crippen molar-refractivity contribution in [3.05, 3.63) is 47.8 Å². The summed E-state index contributed by atoms with van der Waals surface area (Å²) in [5.41, 5.74) is 4.87. The van der Waals surface area contributed by atoms with Gasteiger partial charge in [-0.15, -0.1) is 0 Å². The molecule has 0 saturated heterocycles. The van der Waals surface area contributed by atoms with Crippen molar-refractivity contribution >= 4 is 0 Å². The van der Waals surface area contributed by atoms with Crippen molar-refractivity contribution in [3.8, 4) is 11.4 Å². The number of hydrogen-bond acceptors (Lipinski definition) is 2. The van der Waals surface area contributed by atoms with E-state index in [2.05, 4.69) is 48.1 Å². The van der Waals surface area contributed by atoms with Crippen LogP contribution in [0.15, 0.2) is 36.7 Å². The second-order valence-electron chi connectivity index (χ2n) is 11.0. The quantitative estimate of drug-likeness (QED) is 0.144. The molecule has 0 atom stereocenters. The van der Waals surface area contributed by atoms with Crippen molar-refractivity contribution in [2.24, 2.45) is 0 Å². The lowest BCUT2D eigenvalue weighted by atomic mass is 10.0. The molecule has 0 aliphatic carbocycles. The number of pyridine rings is 2. The highest BCUT2D eigenvalue weighted by molar-refractivity contribution is 5.55. The maximum absolute atomic E-state index is 4.64. The molecular weight excluding hydrogens is 436 g/mol. The van der Waals surface area contributed by atoms with Crippen molar-refractivity contribution in [2.45, 2.75) is 155 Å². The van der Waals surface area contributed by atoms with E-state index in [-0.39, 0.29) is 0 Å². The fraction of sp³-hybridized carbons (Fsp3) is 0.706. The molecule has 0 N–H and O–H groups in total. The summed E-state index contributed by atoms with van der Waals surface area (Å²) in [4.78, 5) is 9.29. The topological polar surface area (TPSA) is 25.8 Å². The summed E-state index contributed by atoms with van der Waals surface area (Å²) in [7, 11) is 0. The fourth-order valence-electron chi connectivity index (χ4n) is 5.17. The minimum absolute atomic E-state index is 1.03. The first-order valence-corrected chi connectivity index (χ1v) is 15.7. The molecule has 0 saturated carbocycles. The molecule has 2 heteroatoms. The minimum atomic E-state index is 1.03. The van der Waals surface area contributed by atoms with Crippen LogP contribution in [0, 0.1) is 0 Å². The zero-order chi connectivity index (χ0) is 25.5. The molecule has 2 rings (SSSR count). The summed E-state index contributed by atoms with van der Waals surface area (Å²) in [6, 6.07) is 8.90. The van der Waals surface area contributed by atoms with E-state index in [1.54, 1.807) is 0 Å². The Hall–Kier alpha value is -1.70. The van der Waals surface area contributed by atoms with Gasteiger partial charge in [0.25, 0.3) is 0 Å². The first-order valence-electron chi connectivity index (χ1n) is 15.7. The molecule has 2 nitrogen and oxygen atoms in total. The second kappa shape index (κ2) is 21.4. The first kappa shape index (κ1) is 30.5. The molecule has 2 aromatic rings. The summed E-state index contributed by atoms with van der Waals surface area (Å²) in [6.07, 6.45) is 34.0. The Labute approximate surface area is 224 Å². The smallest absolute Gasteiger partial charge is 0.0888 e. The van der Waals surface area contributed by atoms with Crippen LogP contribution in [-0.4, -0.2) is 9.97 Å². The summed E-state index contributed by atoms with van der Waals surface area (Å²) in [6.45, 7) is 4.58. The number of nitrogens with zero attached hydrogens (tertiary/aromatic N) is 2. The van der Waals surface area contributed by atoms with Gasteiger partial charge in [0.05, 0.1) is 11.4 Å². The van der Waals surface area contributed by atoms with Crippen LogP contribution >= 0.6 is 0 Å². The first-order chi connectivity index (χ1) is 17.8. The number of unbranched alkanes of at least 4 members (excludes halogenated alkanes) is 18. The van der Waals surface area contributed by atoms with Gasteiger partial charge in [-0.2, -0.15) is 0 Å². The van der Waals surface area contributed by atoms with E-state index in [0.29, 0.717) is 0 Å². The molecule has 0 aliphatic heterocycles. The van der Waals surface area contributed by atoms with Gasteiger partial charge >= 0.3 is 0 Å². The Morgan fingerprint density at radius 3 is 1.06 bits per heavy atom. The monoisotopic (exact) mass is 492 g/mol. The molecule has 0 amide bonds. The van der Waals surface area contributed by atoms with Crippen LogP contribution in [-0.2, 0) is 12.8 Å². The SMILES string of the molecule is CCCCCCCCCCCCc1ccnc(-c2cc(CCCCCCCCCCCC)ccn2)c1. The fourth-order valence-corrected chi connectivity index (χ4v) is 5.17. The number of hydrogen-bond donors (Lipinski definition) is 0. The molecule has 0 fully saturated rings. The Balaban J connectivity index is 1.62. The molecule has 0 radical (unpaired) electrons. The number of aryl methyl sites for hydroxylation is 2. The molecule has 2 aromatic heterocycles. The predicted octanol–water partition coefficient (Wildman–Crippen LogP) is 11.1. The van der Waals surface area contributed by atoms with Crippen LogP contribution < -0.4 is 0 Å². The molecular formula is C34H56N2. The van der Waals surface area contributed by atoms with E-state index in [1.807, 2.05) is 12.4 Å². The lowest BCUT2D eigenvalue weighted by Crippen LogP contribution is -1.94. The Bertz CT molecular complexity index is 704. The van der Waals surface area contributed by atoms with Gasteiger partial charge in [-0.25, -0.2) is 0 Å². The lowest BCUT2D eigenvalue weighted by molar-refractivity contribution is 0.556. The van der Waals surface area contributed by atoms with E-state index in [0.717, 1.165) is 24.2 Å². The zero-order valence-electron chi connectivity index (χ0n) is 23.9. The largest absolute Gasteiger partial charge is 0.255 e. The van der Waals surface area contributed by atoms with Crippen LogP contribution in [0.5, 0.6) is 0 Å². The third kappa shape index (κ3) is 14.8. The average Bonchev–Trinajstić information content (AvgIpc) is 2.91. The zero-order valence-corrected chi connectivity index (χ0v) is 23.9. The second-order valence-corrected chi connectivity index (χ2v) is 11.0. The Morgan fingerprint density at radius 1 is 0.417 bits per heavy atom. The molecule has 0 unspecified atom stereocenters. The molecule has 202 valence electrons. The van der Waals surface area contributed by atoms with Crippen LogP contribution in [0.1, 0.15) is 153 Å². The normalized spacial score (nSPS) is 11.3. The molecule has 0 aromatic carbocycles. The van der Waals surface area contributed by atoms with Crippen LogP contribution in [0.2, 0.25) is 0 Å². The average molecular weight is 493 g/mol. The third-order valence-electron chi connectivity index (χ3n) is 7.55. The van der Waals surface area contributed by atoms with Crippen molar-refractivity contribution in [1.29, 1.82) is 0 Å². The van der Waals surface area contributed by atoms with Crippen LogP contribution in [0.4, 0.5) is 0 Å². The van der Waals surface area contributed by atoms with Crippen LogP contribution in [0.3, 0.4) is 0 Å². The van der Waals surface area contributed by atoms with E-state index < -0.39 is 0 Å². The molecule has 0 spiro atoms. The molecule has 0 aliphatic rings. The lowest BCUT2D eigenvalue weighted by Gasteiger charge is -2.07. The summed E-state index contributed by atoms with van der Waals surface area (Å²) in [5, 5.41) is 0. The van der Waals surface area contributed by atoms with Crippen molar-refractivity contribution in [3.63, 3.8) is 0 Å². The summed E-state index contributed by atoms with van der Waals surface area (Å²) in [5.74, 6) is 0. The molecule has 36 heavy (non-hydrogen) atoms. The molecule has 0 bridgehead atoms. The predicted molar refractivity (Wildman–Crippen MR) is 159 cm³/mol. The maximum Gasteiger partial charge on any atom is 0.0888 e. The highest BCUT2D eigenvalue weighted by Crippen LogP contribution is 2.20. The Kier molecular flexibility index (Phi) is 18.1. The van der Waals surface area contributed by atoms with E-state index >= 15 is 0 Å². The van der Waals surface area contributed by atoms with E-state index in [9.17, 15) is 0 Å². The highest BCUT2D eigenvalue weighted by Gasteiger charge is 2.05. The van der Waals surface area contributed by atoms with Crippen molar-refractivity contribution in [1.82, 2.24) is 9.97 Å². The summed E-state index contributed by atoms with van der Waals surface area (Å²) >= 11 is 0. The highest BCUT2D eigenvalue weighted by atomic mass is 14.8. The van der Waals surface area contributed by atoms with Gasteiger partial charge < -0.3 is 0 Å².